The molecule has 0 spiro atoms. The van der Waals surface area contributed by atoms with Crippen molar-refractivity contribution >= 4 is 0 Å². The Balaban J connectivity index is 2.23. The van der Waals surface area contributed by atoms with E-state index in [2.05, 4.69) is 5.32 Å². The van der Waals surface area contributed by atoms with Crippen molar-refractivity contribution < 1.29 is 9.52 Å². The summed E-state index contributed by atoms with van der Waals surface area (Å²) >= 11 is 0. The first-order valence-electron chi connectivity index (χ1n) is 3.68. The minimum atomic E-state index is 0.143. The van der Waals surface area contributed by atoms with Crippen LogP contribution in [0, 0.1) is 0 Å². The van der Waals surface area contributed by atoms with Crippen molar-refractivity contribution in [2.24, 2.45) is 0 Å². The molecule has 1 rings (SSSR count). The van der Waals surface area contributed by atoms with Gasteiger partial charge in [0, 0.05) is 18.2 Å². The SMILES string of the molecule is C[C@@H](CO)NCc1ccoc1. The average molecular weight is 155 g/mol. The molecule has 0 saturated heterocycles. The molecule has 0 amide bonds. The van der Waals surface area contributed by atoms with E-state index in [9.17, 15) is 0 Å². The van der Waals surface area contributed by atoms with Gasteiger partial charge in [-0.3, -0.25) is 0 Å². The Morgan fingerprint density at radius 2 is 2.55 bits per heavy atom. The summed E-state index contributed by atoms with van der Waals surface area (Å²) in [6.07, 6.45) is 3.33. The summed E-state index contributed by atoms with van der Waals surface area (Å²) in [6.45, 7) is 2.84. The summed E-state index contributed by atoms with van der Waals surface area (Å²) in [5.41, 5.74) is 1.10. The normalized spacial score (nSPS) is 13.3. The van der Waals surface area contributed by atoms with Gasteiger partial charge in [-0.05, 0) is 13.0 Å². The lowest BCUT2D eigenvalue weighted by Gasteiger charge is -2.08. The Kier molecular flexibility index (Phi) is 3.14. The molecule has 0 bridgehead atoms. The molecule has 0 fully saturated rings. The van der Waals surface area contributed by atoms with Gasteiger partial charge >= 0.3 is 0 Å². The molecule has 11 heavy (non-hydrogen) atoms. The van der Waals surface area contributed by atoms with Gasteiger partial charge in [-0.15, -0.1) is 0 Å². The Bertz CT molecular complexity index is 184. The van der Waals surface area contributed by atoms with Gasteiger partial charge in [-0.2, -0.15) is 0 Å². The zero-order chi connectivity index (χ0) is 8.10. The summed E-state index contributed by atoms with van der Waals surface area (Å²) in [4.78, 5) is 0. The van der Waals surface area contributed by atoms with E-state index in [-0.39, 0.29) is 12.6 Å². The van der Waals surface area contributed by atoms with Crippen molar-refractivity contribution in [2.45, 2.75) is 19.5 Å². The molecule has 1 atom stereocenters. The van der Waals surface area contributed by atoms with E-state index in [1.54, 1.807) is 12.5 Å². The van der Waals surface area contributed by atoms with Crippen LogP contribution in [-0.2, 0) is 6.54 Å². The molecule has 0 aliphatic carbocycles. The minimum Gasteiger partial charge on any atom is -0.472 e. The third kappa shape index (κ3) is 2.74. The molecule has 62 valence electrons. The van der Waals surface area contributed by atoms with Crippen LogP contribution in [0.4, 0.5) is 0 Å². The zero-order valence-electron chi connectivity index (χ0n) is 6.58. The Morgan fingerprint density at radius 3 is 3.09 bits per heavy atom. The highest BCUT2D eigenvalue weighted by molar-refractivity contribution is 5.04. The topological polar surface area (TPSA) is 45.4 Å². The van der Waals surface area contributed by atoms with Gasteiger partial charge in [0.25, 0.3) is 0 Å². The lowest BCUT2D eigenvalue weighted by molar-refractivity contribution is 0.251. The van der Waals surface area contributed by atoms with Gasteiger partial charge in [0.1, 0.15) is 0 Å². The lowest BCUT2D eigenvalue weighted by atomic mass is 10.3. The standard InChI is InChI=1S/C8H13NO2/c1-7(5-10)9-4-8-2-3-11-6-8/h2-3,6-7,9-10H,4-5H2,1H3/t7-/m0/s1. The fourth-order valence-corrected chi connectivity index (χ4v) is 0.750. The predicted octanol–water partition coefficient (Wildman–Crippen LogP) is 0.750. The number of aliphatic hydroxyl groups is 1. The van der Waals surface area contributed by atoms with Crippen molar-refractivity contribution in [3.8, 4) is 0 Å². The smallest absolute Gasteiger partial charge is 0.0947 e. The second-order valence-electron chi connectivity index (χ2n) is 2.60. The maximum Gasteiger partial charge on any atom is 0.0947 e. The van der Waals surface area contributed by atoms with Crippen LogP contribution < -0.4 is 5.32 Å². The highest BCUT2D eigenvalue weighted by Crippen LogP contribution is 1.98. The summed E-state index contributed by atoms with van der Waals surface area (Å²) in [5.74, 6) is 0. The van der Waals surface area contributed by atoms with Gasteiger partial charge in [0.15, 0.2) is 0 Å². The Hall–Kier alpha value is -0.800. The first-order valence-corrected chi connectivity index (χ1v) is 3.68. The molecule has 0 saturated carbocycles. The van der Waals surface area contributed by atoms with E-state index >= 15 is 0 Å². The number of furan rings is 1. The third-order valence-electron chi connectivity index (χ3n) is 1.51. The molecule has 0 aliphatic rings. The minimum absolute atomic E-state index is 0.143. The van der Waals surface area contributed by atoms with Crippen LogP contribution in [0.25, 0.3) is 0 Å². The van der Waals surface area contributed by atoms with Crippen molar-refractivity contribution in [3.63, 3.8) is 0 Å². The van der Waals surface area contributed by atoms with Gasteiger partial charge < -0.3 is 14.8 Å². The van der Waals surface area contributed by atoms with E-state index in [1.807, 2.05) is 13.0 Å². The van der Waals surface area contributed by atoms with Crippen molar-refractivity contribution in [2.75, 3.05) is 6.61 Å². The maximum absolute atomic E-state index is 8.68. The van der Waals surface area contributed by atoms with Crippen LogP contribution in [0.1, 0.15) is 12.5 Å². The predicted molar refractivity (Wildman–Crippen MR) is 42.1 cm³/mol. The molecule has 3 heteroatoms. The number of rotatable bonds is 4. The second-order valence-corrected chi connectivity index (χ2v) is 2.60. The van der Waals surface area contributed by atoms with Gasteiger partial charge in [-0.25, -0.2) is 0 Å². The van der Waals surface area contributed by atoms with Crippen LogP contribution in [0.2, 0.25) is 0 Å². The highest BCUT2D eigenvalue weighted by Gasteiger charge is 1.98. The summed E-state index contributed by atoms with van der Waals surface area (Å²) < 4.78 is 4.88. The quantitative estimate of drug-likeness (QED) is 0.674. The van der Waals surface area contributed by atoms with Crippen LogP contribution in [-0.4, -0.2) is 17.8 Å². The number of hydrogen-bond acceptors (Lipinski definition) is 3. The van der Waals surface area contributed by atoms with Gasteiger partial charge in [-0.1, -0.05) is 0 Å². The van der Waals surface area contributed by atoms with Crippen LogP contribution in [0.3, 0.4) is 0 Å². The van der Waals surface area contributed by atoms with E-state index < -0.39 is 0 Å². The van der Waals surface area contributed by atoms with Gasteiger partial charge in [0.05, 0.1) is 19.1 Å². The lowest BCUT2D eigenvalue weighted by Crippen LogP contribution is -2.28. The maximum atomic E-state index is 8.68. The molecular formula is C8H13NO2. The molecule has 0 aliphatic heterocycles. The zero-order valence-corrected chi connectivity index (χ0v) is 6.58. The van der Waals surface area contributed by atoms with Crippen molar-refractivity contribution in [1.82, 2.24) is 5.32 Å². The summed E-state index contributed by atoms with van der Waals surface area (Å²) in [7, 11) is 0. The van der Waals surface area contributed by atoms with Crippen molar-refractivity contribution in [1.29, 1.82) is 0 Å². The fourth-order valence-electron chi connectivity index (χ4n) is 0.750. The van der Waals surface area contributed by atoms with Crippen LogP contribution in [0.5, 0.6) is 0 Å². The second kappa shape index (κ2) is 4.16. The van der Waals surface area contributed by atoms with E-state index in [1.165, 1.54) is 0 Å². The fraction of sp³-hybridized carbons (Fsp3) is 0.500. The van der Waals surface area contributed by atoms with Crippen LogP contribution >= 0.6 is 0 Å². The van der Waals surface area contributed by atoms with E-state index in [0.717, 1.165) is 12.1 Å². The molecule has 2 N–H and O–H groups in total. The number of hydrogen-bond donors (Lipinski definition) is 2. The highest BCUT2D eigenvalue weighted by atomic mass is 16.3. The number of nitrogens with one attached hydrogen (secondary N) is 1. The first-order chi connectivity index (χ1) is 5.33. The Labute approximate surface area is 66.0 Å². The Morgan fingerprint density at radius 1 is 1.73 bits per heavy atom. The molecular weight excluding hydrogens is 142 g/mol. The third-order valence-corrected chi connectivity index (χ3v) is 1.51. The molecule has 1 aromatic rings. The number of aliphatic hydroxyl groups excluding tert-OH is 1. The van der Waals surface area contributed by atoms with Crippen molar-refractivity contribution in [3.05, 3.63) is 24.2 Å². The molecule has 0 unspecified atom stereocenters. The molecule has 0 radical (unpaired) electrons. The average Bonchev–Trinajstić information content (AvgIpc) is 2.52. The molecule has 1 heterocycles. The van der Waals surface area contributed by atoms with E-state index in [0.29, 0.717) is 0 Å². The largest absolute Gasteiger partial charge is 0.472 e. The van der Waals surface area contributed by atoms with Crippen LogP contribution in [0.15, 0.2) is 23.0 Å². The van der Waals surface area contributed by atoms with Gasteiger partial charge in [0.2, 0.25) is 0 Å². The summed E-state index contributed by atoms with van der Waals surface area (Å²) in [5, 5.41) is 11.8. The molecule has 1 aromatic heterocycles. The first kappa shape index (κ1) is 8.30. The summed E-state index contributed by atoms with van der Waals surface area (Å²) in [6, 6.07) is 2.04. The molecule has 3 nitrogen and oxygen atoms in total. The van der Waals surface area contributed by atoms with E-state index in [4.69, 9.17) is 9.52 Å². The molecule has 0 aromatic carbocycles. The monoisotopic (exact) mass is 155 g/mol.